The van der Waals surface area contributed by atoms with Crippen molar-refractivity contribution in [1.82, 2.24) is 5.32 Å². The summed E-state index contributed by atoms with van der Waals surface area (Å²) in [7, 11) is 0. The van der Waals surface area contributed by atoms with E-state index < -0.39 is 0 Å². The van der Waals surface area contributed by atoms with Crippen LogP contribution in [-0.2, 0) is 0 Å². The molecule has 0 saturated carbocycles. The molecule has 17 heavy (non-hydrogen) atoms. The van der Waals surface area contributed by atoms with E-state index in [4.69, 9.17) is 9.84 Å². The van der Waals surface area contributed by atoms with E-state index in [0.717, 1.165) is 25.2 Å². The first-order chi connectivity index (χ1) is 8.22. The van der Waals surface area contributed by atoms with Crippen LogP contribution in [0.5, 0.6) is 5.75 Å². The van der Waals surface area contributed by atoms with Crippen LogP contribution in [0.1, 0.15) is 36.9 Å². The van der Waals surface area contributed by atoms with Crippen molar-refractivity contribution in [2.75, 3.05) is 13.2 Å². The highest BCUT2D eigenvalue weighted by Gasteiger charge is 2.21. The number of benzene rings is 1. The minimum absolute atomic E-state index is 0.117. The molecule has 1 aromatic carbocycles. The Morgan fingerprint density at radius 2 is 2.35 bits per heavy atom. The summed E-state index contributed by atoms with van der Waals surface area (Å²) in [6.45, 7) is 5.03. The van der Waals surface area contributed by atoms with Crippen molar-refractivity contribution in [3.05, 3.63) is 29.3 Å². The lowest BCUT2D eigenvalue weighted by Gasteiger charge is -2.22. The van der Waals surface area contributed by atoms with Crippen molar-refractivity contribution in [3.63, 3.8) is 0 Å². The van der Waals surface area contributed by atoms with Gasteiger partial charge in [0.15, 0.2) is 0 Å². The first-order valence-corrected chi connectivity index (χ1v) is 6.31. The molecule has 1 heterocycles. The van der Waals surface area contributed by atoms with E-state index in [0.29, 0.717) is 0 Å². The number of hydrogen-bond acceptors (Lipinski definition) is 3. The SMILES string of the molecule is Cc1cccc2c1OCCCC2NC(C)CO. The van der Waals surface area contributed by atoms with E-state index in [1.807, 2.05) is 6.92 Å². The Labute approximate surface area is 103 Å². The molecule has 1 aliphatic heterocycles. The molecule has 3 nitrogen and oxygen atoms in total. The van der Waals surface area contributed by atoms with Crippen LogP contribution in [-0.4, -0.2) is 24.4 Å². The standard InChI is InChI=1S/C14H21NO2/c1-10-5-3-6-12-13(15-11(2)9-16)7-4-8-17-14(10)12/h3,5-6,11,13,15-16H,4,7-9H2,1-2H3. The minimum atomic E-state index is 0.117. The molecule has 2 rings (SSSR count). The van der Waals surface area contributed by atoms with Gasteiger partial charge in [-0.2, -0.15) is 0 Å². The van der Waals surface area contributed by atoms with Crippen LogP contribution in [0.2, 0.25) is 0 Å². The molecule has 2 unspecified atom stereocenters. The Morgan fingerprint density at radius 1 is 1.53 bits per heavy atom. The van der Waals surface area contributed by atoms with E-state index in [9.17, 15) is 0 Å². The van der Waals surface area contributed by atoms with E-state index in [2.05, 4.69) is 30.4 Å². The van der Waals surface area contributed by atoms with E-state index in [-0.39, 0.29) is 18.7 Å². The molecule has 0 spiro atoms. The summed E-state index contributed by atoms with van der Waals surface area (Å²) in [5.41, 5.74) is 2.41. The number of ether oxygens (including phenoxy) is 1. The molecule has 0 aliphatic carbocycles. The molecule has 0 amide bonds. The Kier molecular flexibility index (Phi) is 4.02. The topological polar surface area (TPSA) is 41.5 Å². The molecule has 0 fully saturated rings. The zero-order valence-electron chi connectivity index (χ0n) is 10.6. The third-order valence-corrected chi connectivity index (χ3v) is 3.26. The number of fused-ring (bicyclic) bond motifs is 1. The summed E-state index contributed by atoms with van der Waals surface area (Å²) < 4.78 is 5.82. The largest absolute Gasteiger partial charge is 0.493 e. The Balaban J connectivity index is 2.27. The van der Waals surface area contributed by atoms with Crippen LogP contribution in [0, 0.1) is 6.92 Å². The average Bonchev–Trinajstić information content (AvgIpc) is 2.53. The van der Waals surface area contributed by atoms with Gasteiger partial charge >= 0.3 is 0 Å². The predicted octanol–water partition coefficient (Wildman–Crippen LogP) is 2.18. The van der Waals surface area contributed by atoms with Crippen LogP contribution < -0.4 is 10.1 Å². The van der Waals surface area contributed by atoms with Crippen LogP contribution in [0.4, 0.5) is 0 Å². The second-order valence-electron chi connectivity index (χ2n) is 4.79. The van der Waals surface area contributed by atoms with Crippen molar-refractivity contribution in [2.24, 2.45) is 0 Å². The molecular formula is C14H21NO2. The van der Waals surface area contributed by atoms with Gasteiger partial charge in [-0.25, -0.2) is 0 Å². The molecule has 2 N–H and O–H groups in total. The molecule has 3 heteroatoms. The summed E-state index contributed by atoms with van der Waals surface area (Å²) in [6.07, 6.45) is 2.10. The van der Waals surface area contributed by atoms with E-state index in [1.54, 1.807) is 0 Å². The van der Waals surface area contributed by atoms with Crippen LogP contribution in [0.3, 0.4) is 0 Å². The van der Waals surface area contributed by atoms with Crippen molar-refractivity contribution >= 4 is 0 Å². The van der Waals surface area contributed by atoms with Gasteiger partial charge in [0.2, 0.25) is 0 Å². The molecule has 1 aliphatic rings. The van der Waals surface area contributed by atoms with Gasteiger partial charge in [0.05, 0.1) is 13.2 Å². The maximum atomic E-state index is 9.14. The van der Waals surface area contributed by atoms with Gasteiger partial charge in [-0.15, -0.1) is 0 Å². The Hall–Kier alpha value is -1.06. The second-order valence-corrected chi connectivity index (χ2v) is 4.79. The van der Waals surface area contributed by atoms with Gasteiger partial charge in [-0.05, 0) is 32.3 Å². The Bertz CT molecular complexity index is 378. The Morgan fingerprint density at radius 3 is 3.12 bits per heavy atom. The maximum absolute atomic E-state index is 9.14. The van der Waals surface area contributed by atoms with Gasteiger partial charge in [0, 0.05) is 17.6 Å². The lowest BCUT2D eigenvalue weighted by atomic mass is 9.99. The van der Waals surface area contributed by atoms with Crippen LogP contribution in [0.15, 0.2) is 18.2 Å². The lowest BCUT2D eigenvalue weighted by Crippen LogP contribution is -2.33. The van der Waals surface area contributed by atoms with Gasteiger partial charge in [-0.3, -0.25) is 0 Å². The first-order valence-electron chi connectivity index (χ1n) is 6.31. The van der Waals surface area contributed by atoms with Gasteiger partial charge < -0.3 is 15.2 Å². The molecule has 0 radical (unpaired) electrons. The summed E-state index contributed by atoms with van der Waals surface area (Å²) in [4.78, 5) is 0. The van der Waals surface area contributed by atoms with E-state index in [1.165, 1.54) is 11.1 Å². The predicted molar refractivity (Wildman–Crippen MR) is 68.3 cm³/mol. The number of hydrogen-bond donors (Lipinski definition) is 2. The highest BCUT2D eigenvalue weighted by molar-refractivity contribution is 5.43. The number of aryl methyl sites for hydroxylation is 1. The molecule has 2 atom stereocenters. The minimum Gasteiger partial charge on any atom is -0.493 e. The van der Waals surface area contributed by atoms with E-state index >= 15 is 0 Å². The normalized spacial score (nSPS) is 21.2. The van der Waals surface area contributed by atoms with Gasteiger partial charge in [0.25, 0.3) is 0 Å². The fourth-order valence-electron chi connectivity index (χ4n) is 2.33. The smallest absolute Gasteiger partial charge is 0.126 e. The highest BCUT2D eigenvalue weighted by atomic mass is 16.5. The van der Waals surface area contributed by atoms with Crippen LogP contribution >= 0.6 is 0 Å². The van der Waals surface area contributed by atoms with Crippen molar-refractivity contribution in [3.8, 4) is 5.75 Å². The first kappa shape index (κ1) is 12.4. The molecule has 0 aromatic heterocycles. The van der Waals surface area contributed by atoms with Crippen molar-refractivity contribution in [1.29, 1.82) is 0 Å². The molecule has 94 valence electrons. The molecule has 0 bridgehead atoms. The molecule has 0 saturated heterocycles. The quantitative estimate of drug-likeness (QED) is 0.843. The summed E-state index contributed by atoms with van der Waals surface area (Å²) in [5.74, 6) is 1.02. The zero-order valence-corrected chi connectivity index (χ0v) is 10.6. The zero-order chi connectivity index (χ0) is 12.3. The molecule has 1 aromatic rings. The van der Waals surface area contributed by atoms with Crippen LogP contribution in [0.25, 0.3) is 0 Å². The lowest BCUT2D eigenvalue weighted by molar-refractivity contribution is 0.238. The second kappa shape index (κ2) is 5.52. The third kappa shape index (κ3) is 2.79. The summed E-state index contributed by atoms with van der Waals surface area (Å²) in [5, 5.41) is 12.6. The van der Waals surface area contributed by atoms with Crippen molar-refractivity contribution < 1.29 is 9.84 Å². The number of aliphatic hydroxyl groups is 1. The monoisotopic (exact) mass is 235 g/mol. The molecular weight excluding hydrogens is 214 g/mol. The average molecular weight is 235 g/mol. The summed E-state index contributed by atoms with van der Waals surface area (Å²) in [6, 6.07) is 6.67. The number of nitrogens with one attached hydrogen (secondary N) is 1. The maximum Gasteiger partial charge on any atom is 0.126 e. The number of rotatable bonds is 3. The van der Waals surface area contributed by atoms with Crippen molar-refractivity contribution in [2.45, 2.75) is 38.8 Å². The number of aliphatic hydroxyl groups excluding tert-OH is 1. The fourth-order valence-corrected chi connectivity index (χ4v) is 2.33. The van der Waals surface area contributed by atoms with Gasteiger partial charge in [-0.1, -0.05) is 18.2 Å². The summed E-state index contributed by atoms with van der Waals surface area (Å²) >= 11 is 0. The number of para-hydroxylation sites is 1. The third-order valence-electron chi connectivity index (χ3n) is 3.26. The van der Waals surface area contributed by atoms with Gasteiger partial charge in [0.1, 0.15) is 5.75 Å². The fraction of sp³-hybridized carbons (Fsp3) is 0.571. The highest BCUT2D eigenvalue weighted by Crippen LogP contribution is 2.34.